The number of hydrogen-bond donors (Lipinski definition) is 1. The highest BCUT2D eigenvalue weighted by Crippen LogP contribution is 2.14. The molecule has 7 heteroatoms. The molecule has 0 fully saturated rings. The van der Waals surface area contributed by atoms with E-state index in [2.05, 4.69) is 37.5 Å². The molecule has 140 valence electrons. The minimum atomic E-state index is -0.0453. The van der Waals surface area contributed by atoms with Crippen molar-refractivity contribution in [1.29, 1.82) is 0 Å². The zero-order valence-electron chi connectivity index (χ0n) is 15.6. The van der Waals surface area contributed by atoms with Gasteiger partial charge in [-0.2, -0.15) is 4.98 Å². The van der Waals surface area contributed by atoms with E-state index in [9.17, 15) is 4.79 Å². The van der Waals surface area contributed by atoms with Crippen molar-refractivity contribution in [3.63, 3.8) is 0 Å². The Labute approximate surface area is 158 Å². The number of rotatable bonds is 8. The zero-order chi connectivity index (χ0) is 19.1. The van der Waals surface area contributed by atoms with Gasteiger partial charge in [-0.05, 0) is 37.4 Å². The maximum absolute atomic E-state index is 12.1. The van der Waals surface area contributed by atoms with Crippen LogP contribution in [0.4, 0.5) is 0 Å². The second-order valence-corrected chi connectivity index (χ2v) is 6.58. The average molecular weight is 365 g/mol. The second kappa shape index (κ2) is 9.05. The molecule has 1 amide bonds. The molecule has 0 saturated heterocycles. The summed E-state index contributed by atoms with van der Waals surface area (Å²) in [7, 11) is 4.08. The van der Waals surface area contributed by atoms with Crippen molar-refractivity contribution in [2.24, 2.45) is 0 Å². The minimum Gasteiger partial charge on any atom is -0.352 e. The van der Waals surface area contributed by atoms with Gasteiger partial charge >= 0.3 is 0 Å². The SMILES string of the molecule is CN(C)Cc1ccc(CNC(=O)CCc2nc(-c3ccncc3)no2)cc1. The molecule has 2 aromatic heterocycles. The van der Waals surface area contributed by atoms with Gasteiger partial charge in [-0.25, -0.2) is 0 Å². The first-order chi connectivity index (χ1) is 13.1. The Balaban J connectivity index is 1.44. The van der Waals surface area contributed by atoms with Crippen molar-refractivity contribution >= 4 is 5.91 Å². The highest BCUT2D eigenvalue weighted by atomic mass is 16.5. The molecule has 0 aliphatic carbocycles. The summed E-state index contributed by atoms with van der Waals surface area (Å²) in [6, 6.07) is 11.9. The lowest BCUT2D eigenvalue weighted by Gasteiger charge is -2.10. The average Bonchev–Trinajstić information content (AvgIpc) is 3.15. The summed E-state index contributed by atoms with van der Waals surface area (Å²) >= 11 is 0. The number of nitrogens with one attached hydrogen (secondary N) is 1. The highest BCUT2D eigenvalue weighted by molar-refractivity contribution is 5.76. The lowest BCUT2D eigenvalue weighted by atomic mass is 10.1. The maximum Gasteiger partial charge on any atom is 0.227 e. The monoisotopic (exact) mass is 365 g/mol. The van der Waals surface area contributed by atoms with Crippen molar-refractivity contribution in [2.45, 2.75) is 25.9 Å². The van der Waals surface area contributed by atoms with E-state index in [4.69, 9.17) is 4.52 Å². The van der Waals surface area contributed by atoms with Crippen LogP contribution in [-0.4, -0.2) is 40.0 Å². The van der Waals surface area contributed by atoms with Crippen LogP contribution in [0.25, 0.3) is 11.4 Å². The summed E-state index contributed by atoms with van der Waals surface area (Å²) in [6.07, 6.45) is 4.06. The molecule has 0 aliphatic rings. The van der Waals surface area contributed by atoms with Crippen LogP contribution in [0.15, 0.2) is 53.3 Å². The first-order valence-electron chi connectivity index (χ1n) is 8.82. The van der Waals surface area contributed by atoms with Gasteiger partial charge in [0.1, 0.15) is 0 Å². The number of aromatic nitrogens is 3. The fourth-order valence-electron chi connectivity index (χ4n) is 2.61. The maximum atomic E-state index is 12.1. The summed E-state index contributed by atoms with van der Waals surface area (Å²) in [4.78, 5) is 22.5. The third-order valence-corrected chi connectivity index (χ3v) is 3.98. The van der Waals surface area contributed by atoms with Crippen LogP contribution in [0.1, 0.15) is 23.4 Å². The largest absolute Gasteiger partial charge is 0.352 e. The standard InChI is InChI=1S/C20H23N5O2/c1-25(2)14-16-5-3-15(4-6-16)13-22-18(26)7-8-19-23-20(24-27-19)17-9-11-21-12-10-17/h3-6,9-12H,7-8,13-14H2,1-2H3,(H,22,26). The molecule has 1 aromatic carbocycles. The predicted octanol–water partition coefficient (Wildman–Crippen LogP) is 2.44. The van der Waals surface area contributed by atoms with Gasteiger partial charge in [0, 0.05) is 43.9 Å². The molecule has 0 radical (unpaired) electrons. The summed E-state index contributed by atoms with van der Waals surface area (Å²) in [5.74, 6) is 0.909. The van der Waals surface area contributed by atoms with Crippen molar-refractivity contribution in [3.8, 4) is 11.4 Å². The fraction of sp³-hybridized carbons (Fsp3) is 0.300. The van der Waals surface area contributed by atoms with Crippen LogP contribution in [0.3, 0.4) is 0 Å². The molecule has 2 heterocycles. The molecule has 0 atom stereocenters. The molecule has 0 saturated carbocycles. The molecule has 0 aliphatic heterocycles. The van der Waals surface area contributed by atoms with Gasteiger partial charge in [-0.15, -0.1) is 0 Å². The lowest BCUT2D eigenvalue weighted by molar-refractivity contribution is -0.121. The van der Waals surface area contributed by atoms with E-state index >= 15 is 0 Å². The molecular formula is C20H23N5O2. The number of aryl methyl sites for hydroxylation is 1. The van der Waals surface area contributed by atoms with Gasteiger partial charge in [-0.1, -0.05) is 29.4 Å². The predicted molar refractivity (Wildman–Crippen MR) is 102 cm³/mol. The van der Waals surface area contributed by atoms with Crippen LogP contribution in [-0.2, 0) is 24.3 Å². The topological polar surface area (TPSA) is 84.2 Å². The van der Waals surface area contributed by atoms with E-state index in [0.717, 1.165) is 17.7 Å². The summed E-state index contributed by atoms with van der Waals surface area (Å²) in [5.41, 5.74) is 3.15. The van der Waals surface area contributed by atoms with E-state index in [-0.39, 0.29) is 5.91 Å². The van der Waals surface area contributed by atoms with Crippen molar-refractivity contribution in [2.75, 3.05) is 14.1 Å². The number of benzene rings is 1. The number of nitrogens with zero attached hydrogens (tertiary/aromatic N) is 4. The van der Waals surface area contributed by atoms with Gasteiger partial charge in [0.05, 0.1) is 0 Å². The highest BCUT2D eigenvalue weighted by Gasteiger charge is 2.10. The number of carbonyl (C=O) groups excluding carboxylic acids is 1. The molecule has 27 heavy (non-hydrogen) atoms. The van der Waals surface area contributed by atoms with E-state index in [1.54, 1.807) is 12.4 Å². The Morgan fingerprint density at radius 1 is 1.07 bits per heavy atom. The Bertz CT molecular complexity index is 860. The van der Waals surface area contributed by atoms with Gasteiger partial charge in [0.15, 0.2) is 0 Å². The van der Waals surface area contributed by atoms with Gasteiger partial charge < -0.3 is 14.7 Å². The van der Waals surface area contributed by atoms with Crippen LogP contribution >= 0.6 is 0 Å². The van der Waals surface area contributed by atoms with Crippen molar-refractivity contribution in [3.05, 3.63) is 65.8 Å². The molecule has 0 bridgehead atoms. The minimum absolute atomic E-state index is 0.0453. The van der Waals surface area contributed by atoms with E-state index < -0.39 is 0 Å². The summed E-state index contributed by atoms with van der Waals surface area (Å²) in [5, 5.41) is 6.86. The quantitative estimate of drug-likeness (QED) is 0.660. The van der Waals surface area contributed by atoms with Crippen molar-refractivity contribution < 1.29 is 9.32 Å². The zero-order valence-corrected chi connectivity index (χ0v) is 15.6. The van der Waals surface area contributed by atoms with Crippen LogP contribution in [0, 0.1) is 0 Å². The summed E-state index contributed by atoms with van der Waals surface area (Å²) < 4.78 is 5.21. The van der Waals surface area contributed by atoms with E-state index in [0.29, 0.717) is 31.1 Å². The molecule has 3 rings (SSSR count). The number of amides is 1. The van der Waals surface area contributed by atoms with Crippen molar-refractivity contribution in [1.82, 2.24) is 25.3 Å². The van der Waals surface area contributed by atoms with Gasteiger partial charge in [-0.3, -0.25) is 9.78 Å². The molecule has 7 nitrogen and oxygen atoms in total. The molecule has 3 aromatic rings. The Hall–Kier alpha value is -3.06. The van der Waals surface area contributed by atoms with Crippen LogP contribution in [0.2, 0.25) is 0 Å². The smallest absolute Gasteiger partial charge is 0.227 e. The van der Waals surface area contributed by atoms with E-state index in [1.165, 1.54) is 5.56 Å². The number of carbonyl (C=O) groups is 1. The molecular weight excluding hydrogens is 342 g/mol. The first-order valence-corrected chi connectivity index (χ1v) is 8.82. The molecule has 1 N–H and O–H groups in total. The normalized spacial score (nSPS) is 10.9. The first kappa shape index (κ1) is 18.7. The Kier molecular flexibility index (Phi) is 6.27. The number of pyridine rings is 1. The van der Waals surface area contributed by atoms with Crippen LogP contribution < -0.4 is 5.32 Å². The molecule has 0 spiro atoms. The van der Waals surface area contributed by atoms with Gasteiger partial charge in [0.2, 0.25) is 17.6 Å². The Morgan fingerprint density at radius 3 is 2.48 bits per heavy atom. The lowest BCUT2D eigenvalue weighted by Crippen LogP contribution is -2.23. The summed E-state index contributed by atoms with van der Waals surface area (Å²) in [6.45, 7) is 1.41. The van der Waals surface area contributed by atoms with Gasteiger partial charge in [0.25, 0.3) is 0 Å². The fourth-order valence-corrected chi connectivity index (χ4v) is 2.61. The van der Waals surface area contributed by atoms with E-state index in [1.807, 2.05) is 38.4 Å². The Morgan fingerprint density at radius 2 is 1.78 bits per heavy atom. The second-order valence-electron chi connectivity index (χ2n) is 6.58. The third-order valence-electron chi connectivity index (χ3n) is 3.98. The third kappa shape index (κ3) is 5.72. The number of hydrogen-bond acceptors (Lipinski definition) is 6. The van der Waals surface area contributed by atoms with Crippen LogP contribution in [0.5, 0.6) is 0 Å². The molecule has 0 unspecified atom stereocenters.